The van der Waals surface area contributed by atoms with Crippen LogP contribution < -0.4 is 0 Å². The summed E-state index contributed by atoms with van der Waals surface area (Å²) in [5, 5.41) is 8.79. The highest BCUT2D eigenvalue weighted by Gasteiger charge is 2.15. The van der Waals surface area contributed by atoms with Crippen LogP contribution in [-0.4, -0.2) is 30.6 Å². The number of unbranched alkanes of at least 4 members (excludes halogenated alkanes) is 1. The monoisotopic (exact) mass is 336 g/mol. The van der Waals surface area contributed by atoms with Crippen molar-refractivity contribution in [2.24, 2.45) is 0 Å². The first-order chi connectivity index (χ1) is 12.1. The molecule has 1 aromatic carbocycles. The molecule has 0 saturated carbocycles. The van der Waals surface area contributed by atoms with Crippen molar-refractivity contribution in [1.29, 1.82) is 0 Å². The number of imidazole rings is 1. The molecule has 128 valence electrons. The molecule has 3 rings (SSSR count). The number of aryl methyl sites for hydroxylation is 2. The highest BCUT2D eigenvalue weighted by Crippen LogP contribution is 2.30. The summed E-state index contributed by atoms with van der Waals surface area (Å²) in [5.41, 5.74) is 3.77. The molecule has 0 radical (unpaired) electrons. The maximum Gasteiger partial charge on any atom is 0.303 e. The number of carbonyl (C=O) groups is 1. The molecule has 3 aromatic rings. The van der Waals surface area contributed by atoms with Crippen LogP contribution >= 0.6 is 0 Å². The van der Waals surface area contributed by atoms with Gasteiger partial charge in [0.25, 0.3) is 0 Å². The molecule has 0 unspecified atom stereocenters. The fourth-order valence-electron chi connectivity index (χ4n) is 2.73. The Hall–Kier alpha value is -3.02. The van der Waals surface area contributed by atoms with Gasteiger partial charge in [0, 0.05) is 36.5 Å². The predicted molar refractivity (Wildman–Crippen MR) is 94.9 cm³/mol. The van der Waals surface area contributed by atoms with Crippen LogP contribution in [0.2, 0.25) is 0 Å². The van der Waals surface area contributed by atoms with Crippen LogP contribution in [0.1, 0.15) is 25.1 Å². The van der Waals surface area contributed by atoms with Crippen LogP contribution in [0.5, 0.6) is 0 Å². The zero-order valence-corrected chi connectivity index (χ0v) is 14.1. The van der Waals surface area contributed by atoms with E-state index in [1.54, 1.807) is 18.7 Å². The minimum atomic E-state index is -0.761. The van der Waals surface area contributed by atoms with Gasteiger partial charge in [-0.2, -0.15) is 0 Å². The molecule has 0 bridgehead atoms. The Morgan fingerprint density at radius 1 is 1.04 bits per heavy atom. The number of carboxylic acid groups (broad SMARTS) is 1. The van der Waals surface area contributed by atoms with Crippen molar-refractivity contribution in [3.8, 4) is 22.5 Å². The maximum absolute atomic E-state index is 10.7. The van der Waals surface area contributed by atoms with E-state index in [0.717, 1.165) is 34.8 Å². The Kier molecular flexibility index (Phi) is 5.18. The molecular formula is C19H20N4O2. The lowest BCUT2D eigenvalue weighted by Gasteiger charge is -2.10. The number of carboxylic acids is 1. The van der Waals surface area contributed by atoms with E-state index in [4.69, 9.17) is 5.11 Å². The fourth-order valence-corrected chi connectivity index (χ4v) is 2.73. The van der Waals surface area contributed by atoms with Crippen LogP contribution in [0.3, 0.4) is 0 Å². The largest absolute Gasteiger partial charge is 0.481 e. The number of rotatable bonds is 7. The molecular weight excluding hydrogens is 316 g/mol. The highest BCUT2D eigenvalue weighted by molar-refractivity contribution is 5.77. The van der Waals surface area contributed by atoms with Crippen LogP contribution in [0.15, 0.2) is 49.1 Å². The standard InChI is InChI=1S/C19H20N4O2/c1-14-20-11-16(12-21-14)19-18(15-7-3-2-4-8-15)22-13-23(19)10-6-5-9-17(24)25/h2-4,7-8,11-13H,5-6,9-10H2,1H3,(H,24,25). The summed E-state index contributed by atoms with van der Waals surface area (Å²) < 4.78 is 2.05. The van der Waals surface area contributed by atoms with E-state index >= 15 is 0 Å². The second-order valence-electron chi connectivity index (χ2n) is 5.87. The van der Waals surface area contributed by atoms with E-state index in [1.807, 2.05) is 37.3 Å². The Labute approximate surface area is 146 Å². The van der Waals surface area contributed by atoms with Gasteiger partial charge in [-0.05, 0) is 19.8 Å². The molecule has 0 atom stereocenters. The lowest BCUT2D eigenvalue weighted by molar-refractivity contribution is -0.137. The van der Waals surface area contributed by atoms with Crippen molar-refractivity contribution >= 4 is 5.97 Å². The van der Waals surface area contributed by atoms with E-state index in [2.05, 4.69) is 19.5 Å². The molecule has 0 aliphatic rings. The number of aliphatic carboxylic acids is 1. The summed E-state index contributed by atoms with van der Waals surface area (Å²) in [5.74, 6) is -0.0414. The van der Waals surface area contributed by atoms with Crippen molar-refractivity contribution in [2.75, 3.05) is 0 Å². The third kappa shape index (κ3) is 4.09. The van der Waals surface area contributed by atoms with E-state index in [-0.39, 0.29) is 6.42 Å². The minimum Gasteiger partial charge on any atom is -0.481 e. The Bertz CT molecular complexity index is 842. The van der Waals surface area contributed by atoms with Gasteiger partial charge in [-0.3, -0.25) is 4.79 Å². The lowest BCUT2D eigenvalue weighted by Crippen LogP contribution is -2.02. The lowest BCUT2D eigenvalue weighted by atomic mass is 10.1. The van der Waals surface area contributed by atoms with Crippen molar-refractivity contribution in [3.63, 3.8) is 0 Å². The summed E-state index contributed by atoms with van der Waals surface area (Å²) in [7, 11) is 0. The van der Waals surface area contributed by atoms with Gasteiger partial charge >= 0.3 is 5.97 Å². The topological polar surface area (TPSA) is 80.9 Å². The first kappa shape index (κ1) is 16.8. The number of benzene rings is 1. The molecule has 0 aliphatic heterocycles. The average molecular weight is 336 g/mol. The Morgan fingerprint density at radius 3 is 2.44 bits per heavy atom. The number of nitrogens with zero attached hydrogens (tertiary/aromatic N) is 4. The van der Waals surface area contributed by atoms with Crippen LogP contribution in [-0.2, 0) is 11.3 Å². The highest BCUT2D eigenvalue weighted by atomic mass is 16.4. The molecule has 0 fully saturated rings. The molecule has 0 aliphatic carbocycles. The summed E-state index contributed by atoms with van der Waals surface area (Å²) in [6.07, 6.45) is 7.01. The second-order valence-corrected chi connectivity index (χ2v) is 5.87. The molecule has 2 heterocycles. The molecule has 0 spiro atoms. The van der Waals surface area contributed by atoms with Gasteiger partial charge in [0.1, 0.15) is 5.82 Å². The van der Waals surface area contributed by atoms with Crippen molar-refractivity contribution < 1.29 is 9.90 Å². The van der Waals surface area contributed by atoms with E-state index < -0.39 is 5.97 Å². The molecule has 1 N–H and O–H groups in total. The SMILES string of the molecule is Cc1ncc(-c2c(-c3ccccc3)ncn2CCCCC(=O)O)cn1. The second kappa shape index (κ2) is 7.70. The first-order valence-corrected chi connectivity index (χ1v) is 8.26. The van der Waals surface area contributed by atoms with Gasteiger partial charge in [-0.1, -0.05) is 30.3 Å². The average Bonchev–Trinajstić information content (AvgIpc) is 3.04. The molecule has 0 saturated heterocycles. The third-order valence-electron chi connectivity index (χ3n) is 3.98. The van der Waals surface area contributed by atoms with Gasteiger partial charge in [-0.15, -0.1) is 0 Å². The van der Waals surface area contributed by atoms with Gasteiger partial charge < -0.3 is 9.67 Å². The van der Waals surface area contributed by atoms with Crippen LogP contribution in [0, 0.1) is 6.92 Å². The molecule has 2 aromatic heterocycles. The van der Waals surface area contributed by atoms with Gasteiger partial charge in [-0.25, -0.2) is 15.0 Å². The first-order valence-electron chi connectivity index (χ1n) is 8.26. The van der Waals surface area contributed by atoms with Gasteiger partial charge in [0.2, 0.25) is 0 Å². The van der Waals surface area contributed by atoms with Crippen LogP contribution in [0.25, 0.3) is 22.5 Å². The molecule has 6 heteroatoms. The summed E-state index contributed by atoms with van der Waals surface area (Å²) in [6, 6.07) is 9.99. The quantitative estimate of drug-likeness (QED) is 0.667. The maximum atomic E-state index is 10.7. The predicted octanol–water partition coefficient (Wildman–Crippen LogP) is 3.57. The summed E-state index contributed by atoms with van der Waals surface area (Å²) >= 11 is 0. The van der Waals surface area contributed by atoms with Gasteiger partial charge in [0.15, 0.2) is 0 Å². The number of aromatic nitrogens is 4. The normalized spacial score (nSPS) is 10.8. The van der Waals surface area contributed by atoms with Crippen molar-refractivity contribution in [1.82, 2.24) is 19.5 Å². The summed E-state index contributed by atoms with van der Waals surface area (Å²) in [4.78, 5) is 23.9. The van der Waals surface area contributed by atoms with Crippen molar-refractivity contribution in [2.45, 2.75) is 32.7 Å². The zero-order chi connectivity index (χ0) is 17.6. The zero-order valence-electron chi connectivity index (χ0n) is 14.1. The minimum absolute atomic E-state index is 0.184. The molecule has 6 nitrogen and oxygen atoms in total. The van der Waals surface area contributed by atoms with Gasteiger partial charge in [0.05, 0.1) is 17.7 Å². The Balaban J connectivity index is 1.94. The summed E-state index contributed by atoms with van der Waals surface area (Å²) in [6.45, 7) is 2.56. The smallest absolute Gasteiger partial charge is 0.303 e. The third-order valence-corrected chi connectivity index (χ3v) is 3.98. The van der Waals surface area contributed by atoms with E-state index in [0.29, 0.717) is 13.0 Å². The Morgan fingerprint density at radius 2 is 1.76 bits per heavy atom. The molecule has 0 amide bonds. The van der Waals surface area contributed by atoms with E-state index in [1.165, 1.54) is 0 Å². The molecule has 25 heavy (non-hydrogen) atoms. The number of hydrogen-bond donors (Lipinski definition) is 1. The number of hydrogen-bond acceptors (Lipinski definition) is 4. The van der Waals surface area contributed by atoms with Crippen molar-refractivity contribution in [3.05, 3.63) is 54.9 Å². The van der Waals surface area contributed by atoms with E-state index in [9.17, 15) is 4.79 Å². The van der Waals surface area contributed by atoms with Crippen LogP contribution in [0.4, 0.5) is 0 Å². The fraction of sp³-hybridized carbons (Fsp3) is 0.263.